The monoisotopic (exact) mass is 372 g/mol. The number of anilines is 1. The minimum Gasteiger partial charge on any atom is -0.335 e. The minimum atomic E-state index is 0.481. The quantitative estimate of drug-likeness (QED) is 0.696. The van der Waals surface area contributed by atoms with Crippen molar-refractivity contribution < 1.29 is 0 Å². The van der Waals surface area contributed by atoms with Crippen LogP contribution in [0.25, 0.3) is 0 Å². The van der Waals surface area contributed by atoms with E-state index in [9.17, 15) is 0 Å². The van der Waals surface area contributed by atoms with Gasteiger partial charge >= 0.3 is 0 Å². The molecule has 1 aliphatic carbocycles. The highest BCUT2D eigenvalue weighted by atomic mass is 79.9. The van der Waals surface area contributed by atoms with Crippen LogP contribution in [0.2, 0.25) is 5.02 Å². The van der Waals surface area contributed by atoms with E-state index < -0.39 is 0 Å². The van der Waals surface area contributed by atoms with E-state index >= 15 is 0 Å². The maximum absolute atomic E-state index is 6.01. The Morgan fingerprint density at radius 1 is 1.25 bits per heavy atom. The lowest BCUT2D eigenvalue weighted by atomic mass is 9.75. The number of thioether (sulfide) groups is 1. The molecule has 0 amide bonds. The molecule has 5 heteroatoms. The van der Waals surface area contributed by atoms with E-state index in [0.717, 1.165) is 26.9 Å². The maximum atomic E-state index is 6.01. The van der Waals surface area contributed by atoms with Gasteiger partial charge in [-0.25, -0.2) is 0 Å². The smallest absolute Gasteiger partial charge is 0.161 e. The van der Waals surface area contributed by atoms with Gasteiger partial charge in [-0.05, 0) is 52.4 Å². The summed E-state index contributed by atoms with van der Waals surface area (Å²) in [6, 6.07) is 5.88. The van der Waals surface area contributed by atoms with Gasteiger partial charge in [0.15, 0.2) is 5.17 Å². The van der Waals surface area contributed by atoms with E-state index in [2.05, 4.69) is 21.2 Å². The average Bonchev–Trinajstić information content (AvgIpc) is 2.47. The van der Waals surface area contributed by atoms with Gasteiger partial charge in [0.25, 0.3) is 0 Å². The molecule has 0 saturated heterocycles. The molecule has 0 bridgehead atoms. The number of halogens is 2. The molecule has 0 unspecified atom stereocenters. The Balaban J connectivity index is 1.65. The molecule has 0 aromatic heterocycles. The predicted molar refractivity (Wildman–Crippen MR) is 93.1 cm³/mol. The first-order valence-electron chi connectivity index (χ1n) is 7.06. The predicted octanol–water partition coefficient (Wildman–Crippen LogP) is 5.57. The summed E-state index contributed by atoms with van der Waals surface area (Å²) in [6.07, 6.45) is 6.86. The zero-order valence-electron chi connectivity index (χ0n) is 11.3. The number of amidine groups is 1. The van der Waals surface area contributed by atoms with Gasteiger partial charge < -0.3 is 5.32 Å². The number of nitrogens with zero attached hydrogens (tertiary/aromatic N) is 1. The highest BCUT2D eigenvalue weighted by Crippen LogP contribution is 2.42. The molecule has 1 aliphatic heterocycles. The second-order valence-corrected chi connectivity index (χ2v) is 7.95. The summed E-state index contributed by atoms with van der Waals surface area (Å²) in [6.45, 7) is 0.983. The number of hydrogen-bond acceptors (Lipinski definition) is 3. The van der Waals surface area contributed by atoms with Gasteiger partial charge in [0.2, 0.25) is 0 Å². The minimum absolute atomic E-state index is 0.481. The van der Waals surface area contributed by atoms with Crippen LogP contribution in [-0.4, -0.2) is 17.5 Å². The summed E-state index contributed by atoms with van der Waals surface area (Å²) < 4.78 is 0.911. The number of hydrogen-bond donors (Lipinski definition) is 1. The van der Waals surface area contributed by atoms with Gasteiger partial charge in [-0.1, -0.05) is 42.6 Å². The van der Waals surface area contributed by atoms with Crippen molar-refractivity contribution in [3.63, 3.8) is 0 Å². The van der Waals surface area contributed by atoms with E-state index in [-0.39, 0.29) is 0 Å². The normalized spacial score (nSPS) is 21.6. The van der Waals surface area contributed by atoms with E-state index in [1.807, 2.05) is 30.0 Å². The second kappa shape index (κ2) is 6.29. The topological polar surface area (TPSA) is 24.4 Å². The van der Waals surface area contributed by atoms with Gasteiger partial charge in [0.1, 0.15) is 0 Å². The molecule has 1 aromatic rings. The van der Waals surface area contributed by atoms with Crippen LogP contribution in [0.1, 0.15) is 32.1 Å². The van der Waals surface area contributed by atoms with Crippen molar-refractivity contribution in [3.05, 3.63) is 27.7 Å². The van der Waals surface area contributed by atoms with Crippen molar-refractivity contribution in [2.75, 3.05) is 17.6 Å². The molecule has 0 atom stereocenters. The first-order chi connectivity index (χ1) is 9.67. The molecule has 3 rings (SSSR count). The van der Waals surface area contributed by atoms with Gasteiger partial charge in [-0.2, -0.15) is 0 Å². The summed E-state index contributed by atoms with van der Waals surface area (Å²) >= 11 is 11.3. The third-order valence-corrected chi connectivity index (χ3v) is 6.63. The lowest BCUT2D eigenvalue weighted by molar-refractivity contribution is 0.232. The third kappa shape index (κ3) is 3.34. The lowest BCUT2D eigenvalue weighted by Crippen LogP contribution is -2.35. The fourth-order valence-corrected chi connectivity index (χ4v) is 4.59. The summed E-state index contributed by atoms with van der Waals surface area (Å²) in [5.41, 5.74) is 1.52. The van der Waals surface area contributed by atoms with Crippen molar-refractivity contribution in [1.29, 1.82) is 0 Å². The summed E-state index contributed by atoms with van der Waals surface area (Å²) in [5, 5.41) is 5.16. The fourth-order valence-electron chi connectivity index (χ4n) is 2.93. The molecular weight excluding hydrogens is 356 g/mol. The largest absolute Gasteiger partial charge is 0.335 e. The average molecular weight is 374 g/mol. The maximum Gasteiger partial charge on any atom is 0.161 e. The van der Waals surface area contributed by atoms with Crippen molar-refractivity contribution >= 4 is 50.1 Å². The van der Waals surface area contributed by atoms with Crippen LogP contribution in [0, 0.1) is 5.41 Å². The van der Waals surface area contributed by atoms with Crippen LogP contribution in [-0.2, 0) is 0 Å². The van der Waals surface area contributed by atoms with Crippen molar-refractivity contribution in [2.45, 2.75) is 32.1 Å². The first-order valence-corrected chi connectivity index (χ1v) is 9.22. The summed E-state index contributed by atoms with van der Waals surface area (Å²) in [5.74, 6) is 1.20. The molecule has 0 radical (unpaired) electrons. The van der Waals surface area contributed by atoms with E-state index in [1.54, 1.807) is 0 Å². The molecule has 2 aliphatic rings. The molecule has 1 aromatic carbocycles. The molecule has 20 heavy (non-hydrogen) atoms. The van der Waals surface area contributed by atoms with E-state index in [1.165, 1.54) is 37.9 Å². The Morgan fingerprint density at radius 3 is 2.70 bits per heavy atom. The number of rotatable bonds is 1. The first kappa shape index (κ1) is 14.7. The van der Waals surface area contributed by atoms with Gasteiger partial charge in [-0.3, -0.25) is 4.99 Å². The zero-order valence-corrected chi connectivity index (χ0v) is 14.5. The molecule has 1 fully saturated rings. The number of nitrogens with one attached hydrogen (secondary N) is 1. The Labute approximate surface area is 137 Å². The van der Waals surface area contributed by atoms with Crippen molar-refractivity contribution in [1.82, 2.24) is 0 Å². The summed E-state index contributed by atoms with van der Waals surface area (Å²) in [4.78, 5) is 4.77. The lowest BCUT2D eigenvalue weighted by Gasteiger charge is -2.38. The van der Waals surface area contributed by atoms with Gasteiger partial charge in [0, 0.05) is 22.5 Å². The standard InChI is InChI=1S/C15H18BrClN2S/c16-12-8-11(4-5-13(12)17)19-14-18-9-15(10-20-14)6-2-1-3-7-15/h4-5,8H,1-3,6-7,9-10H2,(H,18,19). The molecule has 1 N–H and O–H groups in total. The molecule has 1 spiro atoms. The van der Waals surface area contributed by atoms with Crippen LogP contribution < -0.4 is 5.32 Å². The molecule has 2 nitrogen and oxygen atoms in total. The van der Waals surface area contributed by atoms with Crippen molar-refractivity contribution in [2.24, 2.45) is 10.4 Å². The zero-order chi connectivity index (χ0) is 14.0. The summed E-state index contributed by atoms with van der Waals surface area (Å²) in [7, 11) is 0. The van der Waals surface area contributed by atoms with Crippen LogP contribution in [0.15, 0.2) is 27.7 Å². The number of aliphatic imine (C=N–C) groups is 1. The van der Waals surface area contributed by atoms with Gasteiger partial charge in [-0.15, -0.1) is 0 Å². The van der Waals surface area contributed by atoms with Gasteiger partial charge in [0.05, 0.1) is 5.02 Å². The Bertz CT molecular complexity index is 527. The van der Waals surface area contributed by atoms with E-state index in [0.29, 0.717) is 5.41 Å². The Kier molecular flexibility index (Phi) is 4.63. The molecule has 1 heterocycles. The van der Waals surface area contributed by atoms with E-state index in [4.69, 9.17) is 16.6 Å². The van der Waals surface area contributed by atoms with Crippen LogP contribution in [0.3, 0.4) is 0 Å². The molecule has 1 saturated carbocycles. The SMILES string of the molecule is Clc1ccc(NC2=NCC3(CCCCC3)CS2)cc1Br. The highest BCUT2D eigenvalue weighted by molar-refractivity contribution is 9.10. The highest BCUT2D eigenvalue weighted by Gasteiger charge is 2.34. The fraction of sp³-hybridized carbons (Fsp3) is 0.533. The van der Waals surface area contributed by atoms with Crippen LogP contribution >= 0.6 is 39.3 Å². The Hall–Kier alpha value is -0.190. The van der Waals surface area contributed by atoms with Crippen LogP contribution in [0.4, 0.5) is 5.69 Å². The number of benzene rings is 1. The molecular formula is C15H18BrClN2S. The van der Waals surface area contributed by atoms with Crippen molar-refractivity contribution in [3.8, 4) is 0 Å². The second-order valence-electron chi connectivity index (χ2n) is 5.72. The molecule has 108 valence electrons. The third-order valence-electron chi connectivity index (χ3n) is 4.16. The Morgan fingerprint density at radius 2 is 2.05 bits per heavy atom. The van der Waals surface area contributed by atoms with Crippen LogP contribution in [0.5, 0.6) is 0 Å².